The Balaban J connectivity index is 1.83. The number of aliphatic hydroxyl groups excluding tert-OH is 1. The first-order valence-corrected chi connectivity index (χ1v) is 6.34. The summed E-state index contributed by atoms with van der Waals surface area (Å²) >= 11 is 0. The third-order valence-electron chi connectivity index (χ3n) is 4.62. The maximum atomic E-state index is 10.1. The molecule has 2 bridgehead atoms. The zero-order valence-corrected chi connectivity index (χ0v) is 9.98. The highest BCUT2D eigenvalue weighted by Crippen LogP contribution is 2.54. The van der Waals surface area contributed by atoms with Crippen LogP contribution in [0.15, 0.2) is 0 Å². The minimum absolute atomic E-state index is 0.162. The number of hydrogen-bond donors (Lipinski definition) is 2. The highest BCUT2D eigenvalue weighted by atomic mass is 16.8. The van der Waals surface area contributed by atoms with E-state index in [9.17, 15) is 5.11 Å². The second-order valence-corrected chi connectivity index (χ2v) is 5.90. The van der Waals surface area contributed by atoms with Gasteiger partial charge < -0.3 is 9.84 Å². The van der Waals surface area contributed by atoms with E-state index in [0.717, 1.165) is 19.3 Å². The van der Waals surface area contributed by atoms with Crippen molar-refractivity contribution >= 4 is 0 Å². The molecule has 2 saturated carbocycles. The molecular weight excluding hydrogens is 206 g/mol. The molecule has 3 fully saturated rings. The van der Waals surface area contributed by atoms with Gasteiger partial charge in [0.25, 0.3) is 0 Å². The Morgan fingerprint density at radius 2 is 2.19 bits per heavy atom. The summed E-state index contributed by atoms with van der Waals surface area (Å²) in [6.07, 6.45) is 2.52. The molecule has 5 atom stereocenters. The molecule has 2 N–H and O–H groups in total. The Morgan fingerprint density at radius 3 is 2.75 bits per heavy atom. The fourth-order valence-corrected chi connectivity index (χ4v) is 4.17. The largest absolute Gasteiger partial charge is 0.393 e. The molecule has 0 radical (unpaired) electrons. The lowest BCUT2D eigenvalue weighted by atomic mass is 9.70. The number of hydroxylamine groups is 1. The van der Waals surface area contributed by atoms with Crippen LogP contribution in [-0.2, 0) is 9.57 Å². The molecular formula is C12H21NO3. The average molecular weight is 227 g/mol. The van der Waals surface area contributed by atoms with Crippen LogP contribution >= 0.6 is 0 Å². The first-order chi connectivity index (χ1) is 7.61. The van der Waals surface area contributed by atoms with Crippen molar-refractivity contribution in [2.75, 3.05) is 6.73 Å². The molecule has 0 aromatic heterocycles. The van der Waals surface area contributed by atoms with Crippen LogP contribution in [0.3, 0.4) is 0 Å². The number of hydrogen-bond acceptors (Lipinski definition) is 4. The SMILES string of the molecule is CC(C)C1C2CC(O)C1CC1(C2)OCNO1. The molecule has 1 heterocycles. The fourth-order valence-electron chi connectivity index (χ4n) is 4.17. The third kappa shape index (κ3) is 1.51. The zero-order valence-electron chi connectivity index (χ0n) is 9.98. The van der Waals surface area contributed by atoms with E-state index in [1.165, 1.54) is 0 Å². The molecule has 16 heavy (non-hydrogen) atoms. The first kappa shape index (κ1) is 11.0. The zero-order chi connectivity index (χ0) is 11.3. The van der Waals surface area contributed by atoms with Gasteiger partial charge in [-0.3, -0.25) is 4.84 Å². The minimum atomic E-state index is -0.446. The number of nitrogens with one attached hydrogen (secondary N) is 1. The van der Waals surface area contributed by atoms with Crippen molar-refractivity contribution in [1.82, 2.24) is 5.48 Å². The van der Waals surface area contributed by atoms with E-state index in [1.54, 1.807) is 0 Å². The van der Waals surface area contributed by atoms with Gasteiger partial charge in [-0.2, -0.15) is 5.48 Å². The van der Waals surface area contributed by atoms with Crippen LogP contribution in [0.1, 0.15) is 33.1 Å². The van der Waals surface area contributed by atoms with E-state index in [0.29, 0.717) is 30.4 Å². The third-order valence-corrected chi connectivity index (χ3v) is 4.62. The van der Waals surface area contributed by atoms with Gasteiger partial charge >= 0.3 is 0 Å². The Kier molecular flexibility index (Phi) is 2.51. The molecule has 5 unspecified atom stereocenters. The van der Waals surface area contributed by atoms with Gasteiger partial charge in [0, 0.05) is 12.8 Å². The maximum absolute atomic E-state index is 10.1. The summed E-state index contributed by atoms with van der Waals surface area (Å²) < 4.78 is 5.69. The monoisotopic (exact) mass is 227 g/mol. The van der Waals surface area contributed by atoms with E-state index in [-0.39, 0.29) is 6.10 Å². The quantitative estimate of drug-likeness (QED) is 0.708. The molecule has 4 nitrogen and oxygen atoms in total. The second-order valence-electron chi connectivity index (χ2n) is 5.90. The molecule has 92 valence electrons. The van der Waals surface area contributed by atoms with Crippen LogP contribution in [-0.4, -0.2) is 23.7 Å². The van der Waals surface area contributed by atoms with Crippen molar-refractivity contribution in [1.29, 1.82) is 0 Å². The molecule has 0 amide bonds. The number of rotatable bonds is 1. The van der Waals surface area contributed by atoms with Crippen molar-refractivity contribution in [2.24, 2.45) is 23.7 Å². The lowest BCUT2D eigenvalue weighted by molar-refractivity contribution is -0.217. The van der Waals surface area contributed by atoms with E-state index in [4.69, 9.17) is 9.57 Å². The molecule has 2 aliphatic carbocycles. The number of fused-ring (bicyclic) bond motifs is 2. The molecule has 4 heteroatoms. The Hall–Kier alpha value is -0.160. The summed E-state index contributed by atoms with van der Waals surface area (Å²) in [7, 11) is 0. The molecule has 0 aromatic carbocycles. The Labute approximate surface area is 96.3 Å². The van der Waals surface area contributed by atoms with E-state index in [1.807, 2.05) is 0 Å². The van der Waals surface area contributed by atoms with Gasteiger partial charge in [-0.1, -0.05) is 13.8 Å². The van der Waals surface area contributed by atoms with Gasteiger partial charge in [-0.15, -0.1) is 0 Å². The molecule has 1 saturated heterocycles. The molecule has 0 aromatic rings. The first-order valence-electron chi connectivity index (χ1n) is 6.34. The van der Waals surface area contributed by atoms with E-state index in [2.05, 4.69) is 19.3 Å². The number of ether oxygens (including phenoxy) is 1. The predicted octanol–water partition coefficient (Wildman–Crippen LogP) is 1.25. The molecule has 3 rings (SSSR count). The van der Waals surface area contributed by atoms with Crippen molar-refractivity contribution in [3.8, 4) is 0 Å². The van der Waals surface area contributed by atoms with Crippen molar-refractivity contribution in [3.05, 3.63) is 0 Å². The van der Waals surface area contributed by atoms with Crippen LogP contribution in [0, 0.1) is 23.7 Å². The van der Waals surface area contributed by atoms with Crippen molar-refractivity contribution in [3.63, 3.8) is 0 Å². The van der Waals surface area contributed by atoms with E-state index < -0.39 is 5.79 Å². The average Bonchev–Trinajstić information content (AvgIpc) is 2.71. The molecule has 1 spiro atoms. The molecule has 3 aliphatic rings. The summed E-state index contributed by atoms with van der Waals surface area (Å²) in [5, 5.41) is 10.1. The van der Waals surface area contributed by atoms with Gasteiger partial charge in [0.2, 0.25) is 0 Å². The smallest absolute Gasteiger partial charge is 0.189 e. The van der Waals surface area contributed by atoms with E-state index >= 15 is 0 Å². The summed E-state index contributed by atoms with van der Waals surface area (Å²) in [6, 6.07) is 0. The Morgan fingerprint density at radius 1 is 1.38 bits per heavy atom. The summed E-state index contributed by atoms with van der Waals surface area (Å²) in [4.78, 5) is 5.56. The topological polar surface area (TPSA) is 50.7 Å². The fraction of sp³-hybridized carbons (Fsp3) is 1.00. The highest BCUT2D eigenvalue weighted by Gasteiger charge is 2.56. The van der Waals surface area contributed by atoms with Gasteiger partial charge in [0.15, 0.2) is 5.79 Å². The second kappa shape index (κ2) is 3.67. The lowest BCUT2D eigenvalue weighted by Crippen LogP contribution is -2.44. The molecule has 1 aliphatic heterocycles. The standard InChI is InChI=1S/C12H21NO3/c1-7(2)11-8-3-10(14)9(11)5-12(4-8)15-6-13-16-12/h7-11,13-14H,3-6H2,1-2H3. The number of aliphatic hydroxyl groups is 1. The van der Waals surface area contributed by atoms with Gasteiger partial charge in [-0.25, -0.2) is 0 Å². The van der Waals surface area contributed by atoms with Crippen molar-refractivity contribution in [2.45, 2.75) is 45.0 Å². The summed E-state index contributed by atoms with van der Waals surface area (Å²) in [5.41, 5.74) is 2.81. The van der Waals surface area contributed by atoms with Crippen LogP contribution in [0.25, 0.3) is 0 Å². The minimum Gasteiger partial charge on any atom is -0.393 e. The normalized spacial score (nSPS) is 51.8. The van der Waals surface area contributed by atoms with Crippen LogP contribution < -0.4 is 5.48 Å². The summed E-state index contributed by atoms with van der Waals surface area (Å²) in [6.45, 7) is 4.99. The highest BCUT2D eigenvalue weighted by molar-refractivity contribution is 5.01. The van der Waals surface area contributed by atoms with Gasteiger partial charge in [-0.05, 0) is 30.1 Å². The van der Waals surface area contributed by atoms with Crippen LogP contribution in [0.5, 0.6) is 0 Å². The van der Waals surface area contributed by atoms with Crippen molar-refractivity contribution < 1.29 is 14.7 Å². The lowest BCUT2D eigenvalue weighted by Gasteiger charge is -2.41. The predicted molar refractivity (Wildman–Crippen MR) is 58.1 cm³/mol. The van der Waals surface area contributed by atoms with Crippen LogP contribution in [0.2, 0.25) is 0 Å². The van der Waals surface area contributed by atoms with Gasteiger partial charge in [0.1, 0.15) is 6.73 Å². The maximum Gasteiger partial charge on any atom is 0.189 e. The van der Waals surface area contributed by atoms with Gasteiger partial charge in [0.05, 0.1) is 6.10 Å². The summed E-state index contributed by atoms with van der Waals surface area (Å²) in [5.74, 6) is 1.72. The van der Waals surface area contributed by atoms with Crippen LogP contribution in [0.4, 0.5) is 0 Å². The Bertz CT molecular complexity index is 275.